The van der Waals surface area contributed by atoms with Gasteiger partial charge < -0.3 is 0 Å². The molecule has 3 rings (SSSR count). The zero-order valence-corrected chi connectivity index (χ0v) is 14.1. The molecule has 2 aromatic rings. The van der Waals surface area contributed by atoms with Crippen LogP contribution in [0.15, 0.2) is 30.9 Å². The number of halogens is 1. The van der Waals surface area contributed by atoms with Crippen LogP contribution in [0, 0.1) is 5.92 Å². The summed E-state index contributed by atoms with van der Waals surface area (Å²) in [5, 5.41) is 4.89. The van der Waals surface area contributed by atoms with E-state index in [1.165, 1.54) is 6.33 Å². The number of aromatic nitrogens is 3. The molecular formula is C15H19ClN4OS. The molecule has 2 unspecified atom stereocenters. The summed E-state index contributed by atoms with van der Waals surface area (Å²) in [6, 6.07) is 5.84. The maximum atomic E-state index is 11.8. The predicted molar refractivity (Wildman–Crippen MR) is 88.7 cm³/mol. The highest BCUT2D eigenvalue weighted by atomic mass is 35.5. The fourth-order valence-electron chi connectivity index (χ4n) is 2.82. The van der Waals surface area contributed by atoms with Crippen molar-refractivity contribution in [2.45, 2.75) is 13.5 Å². The van der Waals surface area contributed by atoms with Gasteiger partial charge in [-0.2, -0.15) is 5.10 Å². The zero-order valence-electron chi connectivity index (χ0n) is 12.5. The first-order valence-corrected chi connectivity index (χ1v) is 9.19. The molecule has 0 amide bonds. The Labute approximate surface area is 137 Å². The van der Waals surface area contributed by atoms with Gasteiger partial charge in [-0.1, -0.05) is 24.6 Å². The maximum Gasteiger partial charge on any atom is 0.138 e. The molecule has 0 bridgehead atoms. The summed E-state index contributed by atoms with van der Waals surface area (Å²) < 4.78 is 13.6. The SMILES string of the molecule is CC1CN(Cc2ccc(Cl)cc2-n2cncn2)CCS(=O)C1. The van der Waals surface area contributed by atoms with Crippen molar-refractivity contribution in [3.8, 4) is 5.69 Å². The Morgan fingerprint density at radius 1 is 1.45 bits per heavy atom. The molecule has 1 aliphatic rings. The van der Waals surface area contributed by atoms with E-state index < -0.39 is 10.8 Å². The van der Waals surface area contributed by atoms with Gasteiger partial charge in [0.1, 0.15) is 12.7 Å². The smallest absolute Gasteiger partial charge is 0.138 e. The molecule has 1 saturated heterocycles. The molecule has 5 nitrogen and oxygen atoms in total. The standard InChI is InChI=1S/C15H19ClN4OS/c1-12-7-19(4-5-22(21)9-12)8-13-2-3-14(16)6-15(13)20-11-17-10-18-20/h2-3,6,10-12H,4-5,7-9H2,1H3. The van der Waals surface area contributed by atoms with Crippen LogP contribution in [0.1, 0.15) is 12.5 Å². The molecule has 7 heteroatoms. The molecule has 2 atom stereocenters. The molecule has 2 heterocycles. The topological polar surface area (TPSA) is 51.0 Å². The molecule has 0 spiro atoms. The van der Waals surface area contributed by atoms with Crippen molar-refractivity contribution < 1.29 is 4.21 Å². The average molecular weight is 339 g/mol. The molecule has 1 aromatic heterocycles. The first kappa shape index (κ1) is 15.6. The highest BCUT2D eigenvalue weighted by Crippen LogP contribution is 2.22. The third-order valence-corrected chi connectivity index (χ3v) is 5.60. The van der Waals surface area contributed by atoms with E-state index in [9.17, 15) is 4.21 Å². The Morgan fingerprint density at radius 2 is 2.32 bits per heavy atom. The second kappa shape index (κ2) is 6.89. The Bertz CT molecular complexity index is 662. The van der Waals surface area contributed by atoms with E-state index in [4.69, 9.17) is 11.6 Å². The van der Waals surface area contributed by atoms with E-state index in [1.807, 2.05) is 18.2 Å². The Hall–Kier alpha value is -1.24. The molecule has 118 valence electrons. The van der Waals surface area contributed by atoms with Crippen molar-refractivity contribution >= 4 is 22.4 Å². The minimum Gasteiger partial charge on any atom is -0.298 e. The van der Waals surface area contributed by atoms with Gasteiger partial charge in [0.15, 0.2) is 0 Å². The zero-order chi connectivity index (χ0) is 15.5. The number of nitrogens with zero attached hydrogens (tertiary/aromatic N) is 4. The monoisotopic (exact) mass is 338 g/mol. The van der Waals surface area contributed by atoms with Crippen LogP contribution in [0.2, 0.25) is 5.02 Å². The lowest BCUT2D eigenvalue weighted by molar-refractivity contribution is 0.256. The van der Waals surface area contributed by atoms with Gasteiger partial charge in [0.2, 0.25) is 0 Å². The third-order valence-electron chi connectivity index (χ3n) is 3.78. The van der Waals surface area contributed by atoms with Crippen LogP contribution >= 0.6 is 11.6 Å². The van der Waals surface area contributed by atoms with Crippen LogP contribution < -0.4 is 0 Å². The lowest BCUT2D eigenvalue weighted by atomic mass is 10.1. The van der Waals surface area contributed by atoms with Crippen LogP contribution in [0.3, 0.4) is 0 Å². The Morgan fingerprint density at radius 3 is 3.09 bits per heavy atom. The lowest BCUT2D eigenvalue weighted by Crippen LogP contribution is -2.29. The molecule has 0 aliphatic carbocycles. The van der Waals surface area contributed by atoms with Crippen LogP contribution in [0.5, 0.6) is 0 Å². The van der Waals surface area contributed by atoms with Gasteiger partial charge in [-0.3, -0.25) is 9.11 Å². The van der Waals surface area contributed by atoms with Gasteiger partial charge in [0, 0.05) is 47.0 Å². The van der Waals surface area contributed by atoms with Gasteiger partial charge in [-0.05, 0) is 23.6 Å². The normalized spacial score (nSPS) is 23.4. The summed E-state index contributed by atoms with van der Waals surface area (Å²) in [5.74, 6) is 1.99. The van der Waals surface area contributed by atoms with Gasteiger partial charge in [0.05, 0.1) is 5.69 Å². The Balaban J connectivity index is 1.84. The maximum absolute atomic E-state index is 11.8. The van der Waals surface area contributed by atoms with E-state index in [-0.39, 0.29) is 0 Å². The number of rotatable bonds is 3. The predicted octanol–water partition coefficient (Wildman–Crippen LogP) is 2.12. The highest BCUT2D eigenvalue weighted by molar-refractivity contribution is 7.85. The highest BCUT2D eigenvalue weighted by Gasteiger charge is 2.20. The van der Waals surface area contributed by atoms with E-state index in [1.54, 1.807) is 11.0 Å². The van der Waals surface area contributed by atoms with Crippen LogP contribution in [0.25, 0.3) is 5.69 Å². The molecule has 0 saturated carbocycles. The fourth-order valence-corrected chi connectivity index (χ4v) is 4.35. The number of hydrogen-bond donors (Lipinski definition) is 0. The summed E-state index contributed by atoms with van der Waals surface area (Å²) in [4.78, 5) is 6.37. The third kappa shape index (κ3) is 3.74. The lowest BCUT2D eigenvalue weighted by Gasteiger charge is -2.23. The summed E-state index contributed by atoms with van der Waals surface area (Å²) in [5.41, 5.74) is 2.10. The minimum atomic E-state index is -0.695. The van der Waals surface area contributed by atoms with Crippen LogP contribution in [-0.2, 0) is 17.3 Å². The fraction of sp³-hybridized carbons (Fsp3) is 0.467. The van der Waals surface area contributed by atoms with E-state index in [2.05, 4.69) is 21.9 Å². The van der Waals surface area contributed by atoms with Gasteiger partial charge >= 0.3 is 0 Å². The largest absolute Gasteiger partial charge is 0.298 e. The second-order valence-electron chi connectivity index (χ2n) is 5.76. The summed E-state index contributed by atoms with van der Waals surface area (Å²) >= 11 is 6.13. The van der Waals surface area contributed by atoms with Crippen molar-refractivity contribution in [2.75, 3.05) is 24.6 Å². The van der Waals surface area contributed by atoms with Gasteiger partial charge in [-0.15, -0.1) is 0 Å². The summed E-state index contributed by atoms with van der Waals surface area (Å²) in [6.07, 6.45) is 3.19. The first-order valence-electron chi connectivity index (χ1n) is 7.32. The number of benzene rings is 1. The molecule has 1 aliphatic heterocycles. The number of hydrogen-bond acceptors (Lipinski definition) is 4. The van der Waals surface area contributed by atoms with Crippen LogP contribution in [0.4, 0.5) is 0 Å². The molecule has 0 N–H and O–H groups in total. The second-order valence-corrected chi connectivity index (χ2v) is 7.82. The molecule has 1 fully saturated rings. The van der Waals surface area contributed by atoms with Crippen molar-refractivity contribution in [3.63, 3.8) is 0 Å². The van der Waals surface area contributed by atoms with Crippen molar-refractivity contribution in [1.29, 1.82) is 0 Å². The van der Waals surface area contributed by atoms with E-state index in [0.717, 1.165) is 42.4 Å². The molecule has 0 radical (unpaired) electrons. The summed E-state index contributed by atoms with van der Waals surface area (Å²) in [7, 11) is -0.695. The average Bonchev–Trinajstić information content (AvgIpc) is 2.95. The van der Waals surface area contributed by atoms with Gasteiger partial charge in [0.25, 0.3) is 0 Å². The van der Waals surface area contributed by atoms with Crippen LogP contribution in [-0.4, -0.2) is 48.5 Å². The summed E-state index contributed by atoms with van der Waals surface area (Å²) in [6.45, 7) is 4.78. The van der Waals surface area contributed by atoms with Crippen molar-refractivity contribution in [1.82, 2.24) is 19.7 Å². The molecule has 1 aromatic carbocycles. The molecule has 22 heavy (non-hydrogen) atoms. The van der Waals surface area contributed by atoms with Gasteiger partial charge in [-0.25, -0.2) is 9.67 Å². The molecular weight excluding hydrogens is 320 g/mol. The Kier molecular flexibility index (Phi) is 4.90. The minimum absolute atomic E-state index is 0.449. The van der Waals surface area contributed by atoms with Crippen molar-refractivity contribution in [2.24, 2.45) is 5.92 Å². The van der Waals surface area contributed by atoms with E-state index in [0.29, 0.717) is 10.9 Å². The quantitative estimate of drug-likeness (QED) is 0.860. The van der Waals surface area contributed by atoms with E-state index >= 15 is 0 Å². The van der Waals surface area contributed by atoms with Crippen molar-refractivity contribution in [3.05, 3.63) is 41.4 Å². The first-order chi connectivity index (χ1) is 10.6.